The predicted molar refractivity (Wildman–Crippen MR) is 413 cm³/mol. The van der Waals surface area contributed by atoms with Crippen molar-refractivity contribution in [2.24, 2.45) is 41.4 Å². The first-order valence-corrected chi connectivity index (χ1v) is 38.1. The Morgan fingerprint density at radius 1 is 0.481 bits per heavy atom. The highest BCUT2D eigenvalue weighted by molar-refractivity contribution is 5.99. The maximum absolute atomic E-state index is 15.3. The highest BCUT2D eigenvalue weighted by Gasteiger charge is 2.47. The molecule has 0 saturated carbocycles. The number of esters is 2. The van der Waals surface area contributed by atoms with Gasteiger partial charge in [0.1, 0.15) is 84.8 Å². The van der Waals surface area contributed by atoms with E-state index in [-0.39, 0.29) is 75.3 Å². The Hall–Kier alpha value is -7.92. The molecule has 0 aliphatic rings. The molecule has 0 aromatic carbocycles. The second-order valence-corrected chi connectivity index (χ2v) is 32.9. The summed E-state index contributed by atoms with van der Waals surface area (Å²) in [5, 5.41) is 21.6. The van der Waals surface area contributed by atoms with Crippen LogP contribution in [-0.4, -0.2) is 281 Å². The van der Waals surface area contributed by atoms with Gasteiger partial charge in [0, 0.05) is 70.2 Å². The largest absolute Gasteiger partial charge is 0.462 e. The SMILES string of the molecule is C/C=C/C[C@@H](C)[C@@H](OC(C)=O)[C@@H](C(=O)N[C@@H](CC)C(=O)OCCN(C)C(C)=O)N(C)C(=O)[C@H](C(C)C)N(C)C(=O)[C@H](CC(C)C)N(C)C(=O)[C@H](CC(C)C)N(C)C(=O)[C@@H](C)NC(=O)[C@H](C)NC(=O)[C@H](CC(C)C)N(C)C(=O)[C@@H](NC(=O)[C@H]([C@H](C)CCC(C)(C)O)N(C)C(=O)[C@@H](C)N(C)C(=O)OC(C)(C)C)C(C)C. The number of amides is 12. The molecule has 0 aliphatic carbocycles. The lowest BCUT2D eigenvalue weighted by Gasteiger charge is -2.42. The lowest BCUT2D eigenvalue weighted by Crippen LogP contribution is -2.63. The monoisotopic (exact) mass is 1530 g/mol. The molecule has 0 aliphatic heterocycles. The maximum atomic E-state index is 15.3. The van der Waals surface area contributed by atoms with Crippen molar-refractivity contribution in [3.05, 3.63) is 12.2 Å². The van der Waals surface area contributed by atoms with Crippen LogP contribution in [0, 0.1) is 41.4 Å². The van der Waals surface area contributed by atoms with Gasteiger partial charge in [-0.3, -0.25) is 62.4 Å². The van der Waals surface area contributed by atoms with E-state index < -0.39 is 185 Å². The summed E-state index contributed by atoms with van der Waals surface area (Å²) in [4.78, 5) is 209. The van der Waals surface area contributed by atoms with Crippen LogP contribution in [0.15, 0.2) is 12.2 Å². The number of carbonyl (C=O) groups is 14. The van der Waals surface area contributed by atoms with Crippen LogP contribution < -0.4 is 21.3 Å². The number of allylic oxidation sites excluding steroid dienone is 2. The van der Waals surface area contributed by atoms with Crippen LogP contribution in [0.25, 0.3) is 0 Å². The standard InChI is InChI=1S/C78H140N12O18/c1-33-35-36-50(14)64(107-55(19)92)63(68(96)81-56(34-2)75(103)106-40-39-83(25)54(18)91)90(32)74(102)61(48(11)12)88(30)72(100)59(43-46(7)8)87(29)71(99)58(42-45(5)6)86(28)69(97)52(16)80-65(93)51(15)79-66(94)57(41-44(3)4)85(27)73(101)60(47(9)10)82-67(95)62(49(13)37-38-78(23,24)105)89(31)70(98)53(17)84(26)76(104)108-77(20,21)22/h33,35,44-53,56-64,105H,34,36-43H2,1-32H3,(H,79,94)(H,80,93)(H,81,96)(H,82,95)/b35-33+/t49-,50-,51+,52-,53-,56+,57+,58+,59+,60+,61+,62+,63+,64-/m1/s1. The number of rotatable bonds is 43. The molecule has 0 unspecified atom stereocenters. The first kappa shape index (κ1) is 100. The van der Waals surface area contributed by atoms with Gasteiger partial charge in [0.25, 0.3) is 0 Å². The van der Waals surface area contributed by atoms with Crippen molar-refractivity contribution in [1.29, 1.82) is 0 Å². The average Bonchev–Trinajstić information content (AvgIpc) is 0.800. The minimum absolute atomic E-state index is 0.0546. The smallest absolute Gasteiger partial charge is 0.410 e. The molecule has 0 spiro atoms. The fraction of sp³-hybridized carbons (Fsp3) is 0.795. The highest BCUT2D eigenvalue weighted by Crippen LogP contribution is 2.28. The summed E-state index contributed by atoms with van der Waals surface area (Å²) in [6, 6.07) is -13.9. The molecular formula is C78H140N12O18. The predicted octanol–water partition coefficient (Wildman–Crippen LogP) is 5.79. The molecule has 30 heteroatoms. The zero-order valence-corrected chi connectivity index (χ0v) is 71.5. The van der Waals surface area contributed by atoms with E-state index in [0.29, 0.717) is 6.42 Å². The first-order chi connectivity index (χ1) is 49.5. The summed E-state index contributed by atoms with van der Waals surface area (Å²) in [5.74, 6) is -11.9. The van der Waals surface area contributed by atoms with Gasteiger partial charge in [-0.15, -0.1) is 0 Å². The van der Waals surface area contributed by atoms with E-state index in [2.05, 4.69) is 21.3 Å². The van der Waals surface area contributed by atoms with E-state index in [9.17, 15) is 57.8 Å². The molecule has 0 radical (unpaired) electrons. The number of hydrogen-bond donors (Lipinski definition) is 5. The third-order valence-electron chi connectivity index (χ3n) is 19.3. The quantitative estimate of drug-likeness (QED) is 0.0274. The minimum atomic E-state index is -1.58. The van der Waals surface area contributed by atoms with E-state index in [1.807, 2.05) is 47.6 Å². The maximum Gasteiger partial charge on any atom is 0.410 e. The second-order valence-electron chi connectivity index (χ2n) is 32.9. The Bertz CT molecular complexity index is 3050. The molecule has 0 bridgehead atoms. The summed E-state index contributed by atoms with van der Waals surface area (Å²) in [6.45, 7) is 39.8. The van der Waals surface area contributed by atoms with Gasteiger partial charge >= 0.3 is 18.0 Å². The fourth-order valence-electron chi connectivity index (χ4n) is 12.5. The Labute approximate surface area is 645 Å². The Balaban J connectivity index is 7.27. The van der Waals surface area contributed by atoms with Gasteiger partial charge < -0.3 is 74.9 Å². The molecule has 0 fully saturated rings. The lowest BCUT2D eigenvalue weighted by atomic mass is 9.89. The van der Waals surface area contributed by atoms with Crippen molar-refractivity contribution in [3.8, 4) is 0 Å². The number of nitrogens with one attached hydrogen (secondary N) is 4. The molecule has 0 heterocycles. The van der Waals surface area contributed by atoms with E-state index in [1.54, 1.807) is 96.1 Å². The van der Waals surface area contributed by atoms with Crippen molar-refractivity contribution >= 4 is 83.0 Å². The van der Waals surface area contributed by atoms with Gasteiger partial charge in [0.2, 0.25) is 65.0 Å². The van der Waals surface area contributed by atoms with Crippen molar-refractivity contribution < 1.29 is 86.4 Å². The zero-order chi connectivity index (χ0) is 84.4. The molecule has 0 aromatic heterocycles. The third-order valence-corrected chi connectivity index (χ3v) is 19.3. The van der Waals surface area contributed by atoms with Crippen LogP contribution in [0.2, 0.25) is 0 Å². The molecule has 30 nitrogen and oxygen atoms in total. The molecule has 14 atom stereocenters. The molecule has 620 valence electrons. The lowest BCUT2D eigenvalue weighted by molar-refractivity contribution is -0.164. The minimum Gasteiger partial charge on any atom is -0.462 e. The summed E-state index contributed by atoms with van der Waals surface area (Å²) < 4.78 is 16.8. The molecule has 108 heavy (non-hydrogen) atoms. The normalized spacial score (nSPS) is 15.8. The Morgan fingerprint density at radius 3 is 1.38 bits per heavy atom. The summed E-state index contributed by atoms with van der Waals surface area (Å²) in [7, 11) is 11.4. The van der Waals surface area contributed by atoms with Gasteiger partial charge in [-0.1, -0.05) is 102 Å². The molecule has 5 N–H and O–H groups in total. The van der Waals surface area contributed by atoms with Gasteiger partial charge in [-0.05, 0) is 149 Å². The van der Waals surface area contributed by atoms with Crippen molar-refractivity contribution in [2.45, 2.75) is 295 Å². The summed E-state index contributed by atoms with van der Waals surface area (Å²) in [5.41, 5.74) is -1.99. The number of nitrogens with zero attached hydrogens (tertiary/aromatic N) is 8. The zero-order valence-electron chi connectivity index (χ0n) is 71.5. The first-order valence-electron chi connectivity index (χ1n) is 38.1. The van der Waals surface area contributed by atoms with Gasteiger partial charge in [0.15, 0.2) is 0 Å². The molecule has 0 aromatic rings. The van der Waals surface area contributed by atoms with Crippen LogP contribution in [0.3, 0.4) is 0 Å². The molecular weight excluding hydrogens is 1390 g/mol. The van der Waals surface area contributed by atoms with Crippen LogP contribution in [0.4, 0.5) is 4.79 Å². The molecule has 12 amide bonds. The van der Waals surface area contributed by atoms with Gasteiger partial charge in [0.05, 0.1) is 12.1 Å². The van der Waals surface area contributed by atoms with Crippen molar-refractivity contribution in [3.63, 3.8) is 0 Å². The van der Waals surface area contributed by atoms with Crippen molar-refractivity contribution in [1.82, 2.24) is 60.5 Å². The summed E-state index contributed by atoms with van der Waals surface area (Å²) in [6.07, 6.45) is 2.72. The Morgan fingerprint density at radius 2 is 0.935 bits per heavy atom. The van der Waals surface area contributed by atoms with E-state index in [1.165, 1.54) is 120 Å². The van der Waals surface area contributed by atoms with E-state index in [0.717, 1.165) is 9.80 Å². The van der Waals surface area contributed by atoms with Crippen LogP contribution in [-0.2, 0) is 76.5 Å². The fourth-order valence-corrected chi connectivity index (χ4v) is 12.5. The molecule has 0 saturated heterocycles. The topological polar surface area (TPSA) is 361 Å². The number of ether oxygens (including phenoxy) is 3. The van der Waals surface area contributed by atoms with E-state index in [4.69, 9.17) is 14.2 Å². The highest BCUT2D eigenvalue weighted by atomic mass is 16.6. The third kappa shape index (κ3) is 31.6. The van der Waals surface area contributed by atoms with Crippen LogP contribution >= 0.6 is 0 Å². The second kappa shape index (κ2) is 45.3. The van der Waals surface area contributed by atoms with Crippen LogP contribution in [0.5, 0.6) is 0 Å². The summed E-state index contributed by atoms with van der Waals surface area (Å²) >= 11 is 0. The van der Waals surface area contributed by atoms with Gasteiger partial charge in [-0.2, -0.15) is 0 Å². The number of carbonyl (C=O) groups excluding carboxylic acids is 14. The molecule has 0 rings (SSSR count). The van der Waals surface area contributed by atoms with E-state index >= 15 is 14.4 Å². The number of likely N-dealkylation sites (N-methyl/N-ethyl adjacent to an activating group) is 8. The number of hydrogen-bond acceptors (Lipinski definition) is 18. The number of aliphatic hydroxyl groups is 1. The van der Waals surface area contributed by atoms with Gasteiger partial charge in [-0.25, -0.2) is 9.59 Å². The average molecular weight is 1530 g/mol. The van der Waals surface area contributed by atoms with Crippen molar-refractivity contribution in [2.75, 3.05) is 69.5 Å². The Kier molecular flexibility index (Phi) is 42.0. The van der Waals surface area contributed by atoms with Crippen LogP contribution in [0.1, 0.15) is 211 Å².